The molecule has 1 aliphatic rings. The molecule has 0 saturated heterocycles. The van der Waals surface area contributed by atoms with E-state index >= 15 is 0 Å². The third-order valence-corrected chi connectivity index (χ3v) is 2.03. The van der Waals surface area contributed by atoms with Crippen molar-refractivity contribution in [3.63, 3.8) is 0 Å². The van der Waals surface area contributed by atoms with Crippen LogP contribution in [0.4, 0.5) is 0 Å². The summed E-state index contributed by atoms with van der Waals surface area (Å²) in [6, 6.07) is 7.90. The molecule has 0 unspecified atom stereocenters. The van der Waals surface area contributed by atoms with Crippen LogP contribution in [0, 0.1) is 0 Å². The van der Waals surface area contributed by atoms with E-state index in [1.165, 1.54) is 0 Å². The van der Waals surface area contributed by atoms with E-state index in [0.717, 1.165) is 10.6 Å². The van der Waals surface area contributed by atoms with E-state index in [1.54, 1.807) is 0 Å². The minimum absolute atomic E-state index is 0.607. The molecule has 0 aromatic heterocycles. The lowest BCUT2D eigenvalue weighted by atomic mass is 10.3. The largest absolute Gasteiger partial charge is 0.253 e. The first-order chi connectivity index (χ1) is 5.17. The third kappa shape index (κ3) is 1.30. The summed E-state index contributed by atoms with van der Waals surface area (Å²) < 4.78 is -0.607. The number of thiol groups is 2. The summed E-state index contributed by atoms with van der Waals surface area (Å²) >= 11 is 8.47. The molecular weight excluding hydrogens is 174 g/mol. The molecule has 1 heterocycles. The van der Waals surface area contributed by atoms with Crippen LogP contribution < -0.4 is 10.6 Å². The van der Waals surface area contributed by atoms with E-state index in [4.69, 9.17) is 0 Å². The van der Waals surface area contributed by atoms with Crippen LogP contribution in [0.25, 0.3) is 6.08 Å². The minimum atomic E-state index is -0.607. The van der Waals surface area contributed by atoms with Crippen molar-refractivity contribution in [2.45, 2.75) is 4.20 Å². The Morgan fingerprint density at radius 3 is 2.64 bits per heavy atom. The van der Waals surface area contributed by atoms with Gasteiger partial charge in [0.1, 0.15) is 0 Å². The molecule has 56 valence electrons. The molecule has 0 fully saturated rings. The maximum atomic E-state index is 4.26. The number of hydrogen-bond donors (Lipinski definition) is 2. The lowest BCUT2D eigenvalue weighted by molar-refractivity contribution is 1.11. The highest BCUT2D eigenvalue weighted by atomic mass is 32.2. The summed E-state index contributed by atoms with van der Waals surface area (Å²) in [6.45, 7) is 0. The molecule has 2 rings (SSSR count). The van der Waals surface area contributed by atoms with Crippen LogP contribution in [0.1, 0.15) is 0 Å². The SMILES string of the molecule is SC1(S)C=c2ccccc2=N1. The van der Waals surface area contributed by atoms with Crippen LogP contribution in [-0.2, 0) is 0 Å². The smallest absolute Gasteiger partial charge is 0.166 e. The van der Waals surface area contributed by atoms with Crippen LogP contribution in [0.15, 0.2) is 29.3 Å². The minimum Gasteiger partial charge on any atom is -0.253 e. The van der Waals surface area contributed by atoms with E-state index in [2.05, 4.69) is 30.2 Å². The molecule has 3 heteroatoms. The van der Waals surface area contributed by atoms with Crippen LogP contribution in [0.3, 0.4) is 0 Å². The second-order valence-corrected chi connectivity index (χ2v) is 4.22. The predicted octanol–water partition coefficient (Wildman–Crippen LogP) is 0.614. The van der Waals surface area contributed by atoms with Gasteiger partial charge in [0.15, 0.2) is 4.20 Å². The molecule has 0 amide bonds. The fourth-order valence-corrected chi connectivity index (χ4v) is 1.62. The van der Waals surface area contributed by atoms with Crippen molar-refractivity contribution >= 4 is 31.3 Å². The summed E-state index contributed by atoms with van der Waals surface area (Å²) in [4.78, 5) is 4.26. The third-order valence-electron chi connectivity index (χ3n) is 1.57. The predicted molar refractivity (Wildman–Crippen MR) is 52.4 cm³/mol. The van der Waals surface area contributed by atoms with Gasteiger partial charge >= 0.3 is 0 Å². The molecule has 0 aliphatic carbocycles. The van der Waals surface area contributed by atoms with Crippen molar-refractivity contribution in [3.8, 4) is 0 Å². The quantitative estimate of drug-likeness (QED) is 0.430. The van der Waals surface area contributed by atoms with Gasteiger partial charge < -0.3 is 0 Å². The number of benzene rings is 1. The fraction of sp³-hybridized carbons (Fsp3) is 0.125. The van der Waals surface area contributed by atoms with E-state index in [1.807, 2.05) is 30.3 Å². The molecule has 11 heavy (non-hydrogen) atoms. The van der Waals surface area contributed by atoms with Gasteiger partial charge in [0.25, 0.3) is 0 Å². The summed E-state index contributed by atoms with van der Waals surface area (Å²) in [6.07, 6.45) is 1.93. The Morgan fingerprint density at radius 2 is 1.91 bits per heavy atom. The van der Waals surface area contributed by atoms with Crippen molar-refractivity contribution in [3.05, 3.63) is 34.8 Å². The monoisotopic (exact) mass is 181 g/mol. The van der Waals surface area contributed by atoms with Gasteiger partial charge in [-0.3, -0.25) is 4.99 Å². The Kier molecular flexibility index (Phi) is 1.51. The lowest BCUT2D eigenvalue weighted by Crippen LogP contribution is -2.19. The van der Waals surface area contributed by atoms with Crippen LogP contribution in [0.5, 0.6) is 0 Å². The Hall–Kier alpha value is -0.410. The van der Waals surface area contributed by atoms with E-state index < -0.39 is 4.20 Å². The van der Waals surface area contributed by atoms with E-state index in [-0.39, 0.29) is 0 Å². The first-order valence-electron chi connectivity index (χ1n) is 3.30. The highest BCUT2D eigenvalue weighted by Crippen LogP contribution is 2.23. The maximum absolute atomic E-state index is 4.26. The van der Waals surface area contributed by atoms with E-state index in [9.17, 15) is 0 Å². The van der Waals surface area contributed by atoms with Gasteiger partial charge in [0.05, 0.1) is 5.36 Å². The Morgan fingerprint density at radius 1 is 1.18 bits per heavy atom. The second kappa shape index (κ2) is 2.29. The Bertz CT molecular complexity index is 358. The zero-order chi connectivity index (χ0) is 7.90. The van der Waals surface area contributed by atoms with Crippen molar-refractivity contribution in [2.24, 2.45) is 4.99 Å². The second-order valence-electron chi connectivity index (χ2n) is 2.50. The van der Waals surface area contributed by atoms with Gasteiger partial charge in [-0.1, -0.05) is 18.2 Å². The van der Waals surface area contributed by atoms with Crippen LogP contribution >= 0.6 is 25.3 Å². The topological polar surface area (TPSA) is 12.4 Å². The molecular formula is C8H7NS2. The average molecular weight is 181 g/mol. The van der Waals surface area contributed by atoms with Crippen molar-refractivity contribution in [1.29, 1.82) is 0 Å². The van der Waals surface area contributed by atoms with Crippen molar-refractivity contribution in [1.82, 2.24) is 0 Å². The highest BCUT2D eigenvalue weighted by molar-refractivity contribution is 8.01. The molecule has 0 spiro atoms. The number of rotatable bonds is 0. The van der Waals surface area contributed by atoms with Crippen LogP contribution in [0.2, 0.25) is 0 Å². The number of nitrogens with zero attached hydrogens (tertiary/aromatic N) is 1. The molecule has 0 bridgehead atoms. The molecule has 0 saturated carbocycles. The molecule has 1 aromatic rings. The zero-order valence-electron chi connectivity index (χ0n) is 5.73. The average Bonchev–Trinajstić information content (AvgIpc) is 2.21. The number of hydrogen-bond acceptors (Lipinski definition) is 3. The van der Waals surface area contributed by atoms with Gasteiger partial charge in [-0.2, -0.15) is 0 Å². The standard InChI is InChI=1S/C8H7NS2/c10-8(11)5-6-3-1-2-4-7(6)9-8/h1-5,10-11H. The summed E-state index contributed by atoms with van der Waals surface area (Å²) in [7, 11) is 0. The summed E-state index contributed by atoms with van der Waals surface area (Å²) in [5.41, 5.74) is 0. The Balaban J connectivity index is 2.81. The van der Waals surface area contributed by atoms with Gasteiger partial charge in [0.2, 0.25) is 0 Å². The van der Waals surface area contributed by atoms with Crippen LogP contribution in [-0.4, -0.2) is 4.20 Å². The molecule has 1 aliphatic heterocycles. The van der Waals surface area contributed by atoms with E-state index in [0.29, 0.717) is 0 Å². The normalized spacial score (nSPS) is 18.4. The van der Waals surface area contributed by atoms with Crippen molar-refractivity contribution < 1.29 is 0 Å². The maximum Gasteiger partial charge on any atom is 0.166 e. The Labute approximate surface area is 75.7 Å². The highest BCUT2D eigenvalue weighted by Gasteiger charge is 2.17. The lowest BCUT2D eigenvalue weighted by Gasteiger charge is -2.05. The molecule has 1 aromatic carbocycles. The van der Waals surface area contributed by atoms with Crippen molar-refractivity contribution in [2.75, 3.05) is 0 Å². The molecule has 0 N–H and O–H groups in total. The van der Waals surface area contributed by atoms with Gasteiger partial charge in [0, 0.05) is 0 Å². The summed E-state index contributed by atoms with van der Waals surface area (Å²) in [5.74, 6) is 0. The number of fused-ring (bicyclic) bond motifs is 1. The zero-order valence-corrected chi connectivity index (χ0v) is 7.52. The molecule has 0 atom stereocenters. The fourth-order valence-electron chi connectivity index (χ4n) is 1.13. The summed E-state index contributed by atoms with van der Waals surface area (Å²) in [5, 5.41) is 2.08. The van der Waals surface area contributed by atoms with Gasteiger partial charge in [-0.25, -0.2) is 0 Å². The first-order valence-corrected chi connectivity index (χ1v) is 4.19. The number of para-hydroxylation sites is 1. The first kappa shape index (κ1) is 7.25. The molecule has 0 radical (unpaired) electrons. The van der Waals surface area contributed by atoms with Gasteiger partial charge in [-0.05, 0) is 17.4 Å². The van der Waals surface area contributed by atoms with Gasteiger partial charge in [-0.15, -0.1) is 25.3 Å². The molecule has 1 nitrogen and oxygen atoms in total.